The Kier molecular flexibility index (Phi) is 8.16. The van der Waals surface area contributed by atoms with Gasteiger partial charge in [0.25, 0.3) is 0 Å². The average molecular weight is 240 g/mol. The van der Waals surface area contributed by atoms with Gasteiger partial charge in [0.1, 0.15) is 0 Å². The van der Waals surface area contributed by atoms with Gasteiger partial charge in [-0.1, -0.05) is 61.8 Å². The van der Waals surface area contributed by atoms with E-state index in [0.29, 0.717) is 0 Å². The topological polar surface area (TPSA) is 0 Å². The van der Waals surface area contributed by atoms with Crippen molar-refractivity contribution in [1.82, 2.24) is 0 Å². The lowest BCUT2D eigenvalue weighted by atomic mass is 9.73. The first-order valence-electron chi connectivity index (χ1n) is 7.79. The Labute approximate surface area is 111 Å². The maximum Gasteiger partial charge on any atom is -0.0381 e. The predicted molar refractivity (Wildman–Crippen MR) is 80.2 cm³/mol. The lowest BCUT2D eigenvalue weighted by Crippen LogP contribution is -2.23. The van der Waals surface area contributed by atoms with E-state index in [1.807, 2.05) is 0 Å². The summed E-state index contributed by atoms with van der Waals surface area (Å²) in [7, 11) is 0. The molecule has 0 aliphatic heterocycles. The van der Waals surface area contributed by atoms with Gasteiger partial charge in [0.15, 0.2) is 0 Å². The first-order chi connectivity index (χ1) is 7.79. The highest BCUT2D eigenvalue weighted by Crippen LogP contribution is 2.34. The van der Waals surface area contributed by atoms with Crippen molar-refractivity contribution in [3.8, 4) is 0 Å². The van der Waals surface area contributed by atoms with Gasteiger partial charge >= 0.3 is 0 Å². The fourth-order valence-corrected chi connectivity index (χ4v) is 2.72. The monoisotopic (exact) mass is 240 g/mol. The molecule has 0 bridgehead atoms. The smallest absolute Gasteiger partial charge is 0.0381 e. The van der Waals surface area contributed by atoms with Gasteiger partial charge < -0.3 is 0 Å². The molecule has 0 fully saturated rings. The standard InChI is InChI=1S/C17H36/c1-9-14(6)16(8)17(10-12(2)3)11-15(7)13(4)5/h12-17H,9-11H2,1-8H3. The zero-order chi connectivity index (χ0) is 13.6. The van der Waals surface area contributed by atoms with Crippen LogP contribution in [0.5, 0.6) is 0 Å². The Hall–Kier alpha value is 0. The Morgan fingerprint density at radius 1 is 0.706 bits per heavy atom. The van der Waals surface area contributed by atoms with Crippen molar-refractivity contribution in [3.05, 3.63) is 0 Å². The first-order valence-corrected chi connectivity index (χ1v) is 7.79. The van der Waals surface area contributed by atoms with E-state index in [2.05, 4.69) is 55.4 Å². The molecule has 0 spiro atoms. The van der Waals surface area contributed by atoms with Crippen LogP contribution in [0.3, 0.4) is 0 Å². The van der Waals surface area contributed by atoms with Crippen molar-refractivity contribution in [1.29, 1.82) is 0 Å². The number of hydrogen-bond donors (Lipinski definition) is 0. The summed E-state index contributed by atoms with van der Waals surface area (Å²) in [6.07, 6.45) is 4.15. The molecule has 0 aromatic rings. The summed E-state index contributed by atoms with van der Waals surface area (Å²) in [4.78, 5) is 0. The van der Waals surface area contributed by atoms with E-state index >= 15 is 0 Å². The van der Waals surface area contributed by atoms with Crippen molar-refractivity contribution < 1.29 is 0 Å². The number of hydrogen-bond acceptors (Lipinski definition) is 0. The third-order valence-corrected chi connectivity index (χ3v) is 4.87. The molecule has 0 radical (unpaired) electrons. The second-order valence-electron chi connectivity index (χ2n) is 7.09. The van der Waals surface area contributed by atoms with Gasteiger partial charge in [-0.2, -0.15) is 0 Å². The van der Waals surface area contributed by atoms with E-state index in [0.717, 1.165) is 35.5 Å². The van der Waals surface area contributed by atoms with Gasteiger partial charge in [0.2, 0.25) is 0 Å². The van der Waals surface area contributed by atoms with Crippen LogP contribution >= 0.6 is 0 Å². The van der Waals surface area contributed by atoms with Crippen molar-refractivity contribution >= 4 is 0 Å². The maximum absolute atomic E-state index is 2.48. The van der Waals surface area contributed by atoms with E-state index in [9.17, 15) is 0 Å². The Morgan fingerprint density at radius 3 is 1.59 bits per heavy atom. The fourth-order valence-electron chi connectivity index (χ4n) is 2.72. The molecule has 17 heavy (non-hydrogen) atoms. The van der Waals surface area contributed by atoms with Crippen LogP contribution < -0.4 is 0 Å². The van der Waals surface area contributed by atoms with Crippen molar-refractivity contribution in [2.75, 3.05) is 0 Å². The molecule has 0 nitrogen and oxygen atoms in total. The van der Waals surface area contributed by atoms with E-state index < -0.39 is 0 Å². The summed E-state index contributed by atoms with van der Waals surface area (Å²) in [5.74, 6) is 5.20. The van der Waals surface area contributed by atoms with Crippen molar-refractivity contribution in [2.24, 2.45) is 35.5 Å². The van der Waals surface area contributed by atoms with Crippen LogP contribution in [0.15, 0.2) is 0 Å². The third kappa shape index (κ3) is 6.48. The van der Waals surface area contributed by atoms with Gasteiger partial charge in [-0.15, -0.1) is 0 Å². The molecule has 0 rings (SSSR count). The molecule has 0 heteroatoms. The van der Waals surface area contributed by atoms with E-state index in [1.54, 1.807) is 0 Å². The van der Waals surface area contributed by atoms with Crippen molar-refractivity contribution in [2.45, 2.75) is 74.7 Å². The highest BCUT2D eigenvalue weighted by atomic mass is 14.3. The maximum atomic E-state index is 2.48. The average Bonchev–Trinajstić information content (AvgIpc) is 2.25. The second-order valence-corrected chi connectivity index (χ2v) is 7.09. The van der Waals surface area contributed by atoms with Crippen LogP contribution in [-0.2, 0) is 0 Å². The minimum atomic E-state index is 0.828. The largest absolute Gasteiger partial charge is 0.0651 e. The molecule has 0 aliphatic rings. The summed E-state index contributed by atoms with van der Waals surface area (Å²) in [6.45, 7) is 19.1. The van der Waals surface area contributed by atoms with Gasteiger partial charge in [-0.25, -0.2) is 0 Å². The molecule has 0 saturated carbocycles. The minimum Gasteiger partial charge on any atom is -0.0651 e. The zero-order valence-corrected chi connectivity index (χ0v) is 13.6. The highest BCUT2D eigenvalue weighted by Gasteiger charge is 2.25. The lowest BCUT2D eigenvalue weighted by Gasteiger charge is -2.33. The second kappa shape index (κ2) is 8.16. The molecule has 0 aromatic heterocycles. The van der Waals surface area contributed by atoms with Gasteiger partial charge in [-0.05, 0) is 48.3 Å². The SMILES string of the molecule is CCC(C)C(C)C(CC(C)C)CC(C)C(C)C. The summed E-state index contributed by atoms with van der Waals surface area (Å²) in [6, 6.07) is 0. The number of rotatable bonds is 8. The van der Waals surface area contributed by atoms with Gasteiger partial charge in [0.05, 0.1) is 0 Å². The molecular weight excluding hydrogens is 204 g/mol. The molecule has 0 aromatic carbocycles. The Bertz CT molecular complexity index is 180. The zero-order valence-electron chi connectivity index (χ0n) is 13.6. The Balaban J connectivity index is 4.52. The Morgan fingerprint density at radius 2 is 1.24 bits per heavy atom. The van der Waals surface area contributed by atoms with Crippen LogP contribution in [-0.4, -0.2) is 0 Å². The molecule has 0 aliphatic carbocycles. The van der Waals surface area contributed by atoms with Crippen LogP contribution in [0, 0.1) is 35.5 Å². The summed E-state index contributed by atoms with van der Waals surface area (Å²) in [5, 5.41) is 0. The van der Waals surface area contributed by atoms with E-state index in [1.165, 1.54) is 19.3 Å². The van der Waals surface area contributed by atoms with Crippen molar-refractivity contribution in [3.63, 3.8) is 0 Å². The van der Waals surface area contributed by atoms with Crippen LogP contribution in [0.25, 0.3) is 0 Å². The van der Waals surface area contributed by atoms with E-state index in [4.69, 9.17) is 0 Å². The third-order valence-electron chi connectivity index (χ3n) is 4.87. The first kappa shape index (κ1) is 17.0. The van der Waals surface area contributed by atoms with Gasteiger partial charge in [-0.3, -0.25) is 0 Å². The van der Waals surface area contributed by atoms with Crippen LogP contribution in [0.1, 0.15) is 74.7 Å². The van der Waals surface area contributed by atoms with Crippen LogP contribution in [0.4, 0.5) is 0 Å². The lowest BCUT2D eigenvalue weighted by molar-refractivity contribution is 0.175. The summed E-state index contributed by atoms with van der Waals surface area (Å²) in [5.41, 5.74) is 0. The van der Waals surface area contributed by atoms with Gasteiger partial charge in [0, 0.05) is 0 Å². The van der Waals surface area contributed by atoms with Crippen LogP contribution in [0.2, 0.25) is 0 Å². The fraction of sp³-hybridized carbons (Fsp3) is 1.00. The predicted octanol–water partition coefficient (Wildman–Crippen LogP) is 6.01. The molecule has 0 saturated heterocycles. The quantitative estimate of drug-likeness (QED) is 0.487. The molecule has 0 amide bonds. The molecule has 4 unspecified atom stereocenters. The summed E-state index contributed by atoms with van der Waals surface area (Å²) >= 11 is 0. The summed E-state index contributed by atoms with van der Waals surface area (Å²) < 4.78 is 0. The molecule has 104 valence electrons. The molecular formula is C17H36. The van der Waals surface area contributed by atoms with E-state index in [-0.39, 0.29) is 0 Å². The molecule has 0 heterocycles. The normalized spacial score (nSPS) is 19.4. The molecule has 4 atom stereocenters. The minimum absolute atomic E-state index is 0.828. The molecule has 0 N–H and O–H groups in total. The highest BCUT2D eigenvalue weighted by molar-refractivity contribution is 4.75.